The van der Waals surface area contributed by atoms with Crippen LogP contribution in [0.25, 0.3) is 0 Å². The van der Waals surface area contributed by atoms with Gasteiger partial charge in [0.25, 0.3) is 0 Å². The van der Waals surface area contributed by atoms with Gasteiger partial charge < -0.3 is 4.90 Å². The van der Waals surface area contributed by atoms with E-state index in [1.807, 2.05) is 17.0 Å². The Balaban J connectivity index is 1.89. The molecule has 0 unspecified atom stereocenters. The summed E-state index contributed by atoms with van der Waals surface area (Å²) in [5, 5.41) is 0.618. The van der Waals surface area contributed by atoms with Crippen molar-refractivity contribution in [1.29, 1.82) is 0 Å². The molecule has 0 spiro atoms. The van der Waals surface area contributed by atoms with Gasteiger partial charge in [-0.1, -0.05) is 11.6 Å². The van der Waals surface area contributed by atoms with Crippen molar-refractivity contribution in [3.63, 3.8) is 0 Å². The molecule has 96 valence electrons. The second kappa shape index (κ2) is 4.98. The number of anilines is 1. The summed E-state index contributed by atoms with van der Waals surface area (Å²) in [4.78, 5) is 4.18. The summed E-state index contributed by atoms with van der Waals surface area (Å²) < 4.78 is 14.9. The number of rotatable bonds is 2. The number of halogens is 3. The molecule has 0 amide bonds. The zero-order chi connectivity index (χ0) is 12.7. The van der Waals surface area contributed by atoms with Crippen LogP contribution in [0.15, 0.2) is 29.4 Å². The average Bonchev–Trinajstić information content (AvgIpc) is 3.14. The Hall–Kier alpha value is -0.330. The number of nitrogens with zero attached hydrogens (tertiary/aromatic N) is 2. The number of benzene rings is 1. The lowest BCUT2D eigenvalue weighted by Gasteiger charge is -2.35. The van der Waals surface area contributed by atoms with Crippen molar-refractivity contribution in [1.82, 2.24) is 4.90 Å². The standard InChI is InChI=1S/C13H13ClFIN2/c14-13-5-6-17(10-2-3-10)8-18(13)12-4-1-9(16)7-11(12)15/h1,4-5,7,10H,2-3,6,8H2. The fraction of sp³-hybridized carbons (Fsp3) is 0.385. The van der Waals surface area contributed by atoms with Crippen LogP contribution < -0.4 is 4.90 Å². The van der Waals surface area contributed by atoms with Gasteiger partial charge in [-0.15, -0.1) is 0 Å². The summed E-state index contributed by atoms with van der Waals surface area (Å²) in [6.07, 6.45) is 4.45. The molecule has 5 heteroatoms. The van der Waals surface area contributed by atoms with E-state index in [2.05, 4.69) is 27.5 Å². The van der Waals surface area contributed by atoms with Crippen LogP contribution in [0.3, 0.4) is 0 Å². The molecule has 0 atom stereocenters. The lowest BCUT2D eigenvalue weighted by atomic mass is 10.2. The molecule has 18 heavy (non-hydrogen) atoms. The predicted octanol–water partition coefficient (Wildman–Crippen LogP) is 3.75. The Morgan fingerprint density at radius 3 is 2.78 bits per heavy atom. The summed E-state index contributed by atoms with van der Waals surface area (Å²) in [5.41, 5.74) is 0.557. The molecule has 0 N–H and O–H groups in total. The molecule has 1 heterocycles. The monoisotopic (exact) mass is 378 g/mol. The molecular formula is C13H13ClFIN2. The molecule has 1 fully saturated rings. The second-order valence-corrected chi connectivity index (χ2v) is 6.33. The Kier molecular flexibility index (Phi) is 3.51. The first-order chi connectivity index (χ1) is 8.65. The van der Waals surface area contributed by atoms with E-state index in [-0.39, 0.29) is 5.82 Å². The van der Waals surface area contributed by atoms with Crippen molar-refractivity contribution >= 4 is 39.9 Å². The van der Waals surface area contributed by atoms with Crippen molar-refractivity contribution in [3.05, 3.63) is 38.8 Å². The predicted molar refractivity (Wildman–Crippen MR) is 80.1 cm³/mol. The van der Waals surface area contributed by atoms with E-state index in [4.69, 9.17) is 11.6 Å². The molecule has 0 saturated heterocycles. The smallest absolute Gasteiger partial charge is 0.147 e. The summed E-state index contributed by atoms with van der Waals surface area (Å²) in [5.74, 6) is -0.217. The fourth-order valence-electron chi connectivity index (χ4n) is 2.21. The van der Waals surface area contributed by atoms with Crippen LogP contribution in [0, 0.1) is 9.39 Å². The van der Waals surface area contributed by atoms with Gasteiger partial charge in [0.05, 0.1) is 12.4 Å². The van der Waals surface area contributed by atoms with E-state index in [1.54, 1.807) is 6.07 Å². The molecule has 1 aliphatic heterocycles. The van der Waals surface area contributed by atoms with Gasteiger partial charge in [-0.05, 0) is 59.7 Å². The largest absolute Gasteiger partial charge is 0.316 e. The van der Waals surface area contributed by atoms with Gasteiger partial charge in [0.2, 0.25) is 0 Å². The molecule has 0 aromatic heterocycles. The van der Waals surface area contributed by atoms with Crippen LogP contribution in [0.2, 0.25) is 0 Å². The van der Waals surface area contributed by atoms with Gasteiger partial charge in [0, 0.05) is 16.2 Å². The minimum absolute atomic E-state index is 0.217. The van der Waals surface area contributed by atoms with Crippen LogP contribution in [0.4, 0.5) is 10.1 Å². The first-order valence-corrected chi connectivity index (χ1v) is 7.43. The van der Waals surface area contributed by atoms with Gasteiger partial charge in [-0.25, -0.2) is 4.39 Å². The molecule has 0 radical (unpaired) electrons. The van der Waals surface area contributed by atoms with Crippen molar-refractivity contribution in [2.45, 2.75) is 18.9 Å². The topological polar surface area (TPSA) is 6.48 Å². The Labute approximate surface area is 125 Å². The van der Waals surface area contributed by atoms with E-state index in [0.29, 0.717) is 23.6 Å². The van der Waals surface area contributed by atoms with Gasteiger partial charge in [-0.2, -0.15) is 0 Å². The molecule has 2 aliphatic rings. The number of hydrogen-bond donors (Lipinski definition) is 0. The van der Waals surface area contributed by atoms with Crippen LogP contribution in [0.1, 0.15) is 12.8 Å². The van der Waals surface area contributed by atoms with E-state index < -0.39 is 0 Å². The van der Waals surface area contributed by atoms with Crippen molar-refractivity contribution in [3.8, 4) is 0 Å². The maximum Gasteiger partial charge on any atom is 0.147 e. The molecule has 2 nitrogen and oxygen atoms in total. The van der Waals surface area contributed by atoms with E-state index >= 15 is 0 Å². The maximum absolute atomic E-state index is 14.0. The quantitative estimate of drug-likeness (QED) is 0.571. The third kappa shape index (κ3) is 2.51. The zero-order valence-electron chi connectivity index (χ0n) is 9.74. The lowest BCUT2D eigenvalue weighted by Crippen LogP contribution is -2.42. The number of hydrogen-bond acceptors (Lipinski definition) is 2. The maximum atomic E-state index is 14.0. The van der Waals surface area contributed by atoms with Gasteiger partial charge in [-0.3, -0.25) is 4.90 Å². The van der Waals surface area contributed by atoms with Gasteiger partial charge >= 0.3 is 0 Å². The van der Waals surface area contributed by atoms with E-state index in [0.717, 1.165) is 10.1 Å². The molecule has 0 bridgehead atoms. The summed E-state index contributed by atoms with van der Waals surface area (Å²) in [7, 11) is 0. The highest BCUT2D eigenvalue weighted by Gasteiger charge is 2.32. The molecule has 1 saturated carbocycles. The molecule has 1 aromatic carbocycles. The van der Waals surface area contributed by atoms with Crippen LogP contribution >= 0.6 is 34.2 Å². The molecule has 3 rings (SSSR count). The van der Waals surface area contributed by atoms with Crippen molar-refractivity contribution < 1.29 is 4.39 Å². The third-order valence-electron chi connectivity index (χ3n) is 3.34. The second-order valence-electron chi connectivity index (χ2n) is 4.69. The first kappa shape index (κ1) is 12.7. The van der Waals surface area contributed by atoms with Crippen LogP contribution in [-0.2, 0) is 0 Å². The Morgan fingerprint density at radius 1 is 1.33 bits per heavy atom. The zero-order valence-corrected chi connectivity index (χ0v) is 12.7. The highest BCUT2D eigenvalue weighted by atomic mass is 127. The van der Waals surface area contributed by atoms with Crippen LogP contribution in [0.5, 0.6) is 0 Å². The first-order valence-electron chi connectivity index (χ1n) is 5.97. The molecule has 1 aliphatic carbocycles. The third-order valence-corrected chi connectivity index (χ3v) is 4.37. The fourth-order valence-corrected chi connectivity index (χ4v) is 2.87. The SMILES string of the molecule is Fc1cc(I)ccc1N1CN(C2CC2)CC=C1Cl. The molecule has 1 aromatic rings. The average molecular weight is 379 g/mol. The highest BCUT2D eigenvalue weighted by Crippen LogP contribution is 2.33. The van der Waals surface area contributed by atoms with E-state index in [9.17, 15) is 4.39 Å². The van der Waals surface area contributed by atoms with Gasteiger partial charge in [0.15, 0.2) is 0 Å². The summed E-state index contributed by atoms with van der Waals surface area (Å²) in [6, 6.07) is 5.89. The molecular weight excluding hydrogens is 366 g/mol. The van der Waals surface area contributed by atoms with Crippen LogP contribution in [-0.4, -0.2) is 24.2 Å². The summed E-state index contributed by atoms with van der Waals surface area (Å²) in [6.45, 7) is 1.55. The van der Waals surface area contributed by atoms with Gasteiger partial charge in [0.1, 0.15) is 11.0 Å². The minimum atomic E-state index is -0.217. The van der Waals surface area contributed by atoms with Crippen molar-refractivity contribution in [2.24, 2.45) is 0 Å². The Morgan fingerprint density at radius 2 is 2.11 bits per heavy atom. The van der Waals surface area contributed by atoms with E-state index in [1.165, 1.54) is 18.9 Å². The lowest BCUT2D eigenvalue weighted by molar-refractivity contribution is 0.286. The Bertz CT molecular complexity index is 502. The highest BCUT2D eigenvalue weighted by molar-refractivity contribution is 14.1. The van der Waals surface area contributed by atoms with Crippen molar-refractivity contribution in [2.75, 3.05) is 18.1 Å². The minimum Gasteiger partial charge on any atom is -0.316 e. The normalized spacial score (nSPS) is 21.1. The summed E-state index contributed by atoms with van der Waals surface area (Å²) >= 11 is 8.32.